The molecule has 5 heteroatoms. The predicted molar refractivity (Wildman–Crippen MR) is 88.8 cm³/mol. The number of carbonyl (C=O) groups excluding carboxylic acids is 1. The standard InChI is InChI=1S/C17H22N2O2.ClH/c20-17(15-10-11-3-1-2-4-14(11)19-15)18-13-5-6-16-12(9-13)7-8-21-16;/h5-6,9,11,14-15,19H,1-4,7-8,10H2,(H,18,20);1H. The van der Waals surface area contributed by atoms with Crippen LogP contribution in [0.2, 0.25) is 0 Å². The highest BCUT2D eigenvalue weighted by Crippen LogP contribution is 2.34. The van der Waals surface area contributed by atoms with Crippen LogP contribution in [0.25, 0.3) is 0 Å². The van der Waals surface area contributed by atoms with Crippen LogP contribution in [0.4, 0.5) is 5.69 Å². The quantitative estimate of drug-likeness (QED) is 0.880. The zero-order valence-electron chi connectivity index (χ0n) is 12.6. The number of anilines is 1. The summed E-state index contributed by atoms with van der Waals surface area (Å²) in [4.78, 5) is 12.5. The van der Waals surface area contributed by atoms with Crippen molar-refractivity contribution < 1.29 is 9.53 Å². The summed E-state index contributed by atoms with van der Waals surface area (Å²) in [6, 6.07) is 6.47. The van der Waals surface area contributed by atoms with Gasteiger partial charge in [-0.25, -0.2) is 0 Å². The van der Waals surface area contributed by atoms with Crippen molar-refractivity contribution in [1.82, 2.24) is 5.32 Å². The second-order valence-corrected chi connectivity index (χ2v) is 6.52. The summed E-state index contributed by atoms with van der Waals surface area (Å²) in [5.41, 5.74) is 2.08. The predicted octanol–water partition coefficient (Wildman–Crippen LogP) is 2.90. The summed E-state index contributed by atoms with van der Waals surface area (Å²) in [6.07, 6.45) is 7.05. The molecule has 1 aromatic rings. The average molecular weight is 323 g/mol. The van der Waals surface area contributed by atoms with Crippen molar-refractivity contribution in [1.29, 1.82) is 0 Å². The normalized spacial score (nSPS) is 29.0. The Morgan fingerprint density at radius 3 is 3.00 bits per heavy atom. The van der Waals surface area contributed by atoms with E-state index in [2.05, 4.69) is 10.6 Å². The topological polar surface area (TPSA) is 50.4 Å². The van der Waals surface area contributed by atoms with Crippen LogP contribution < -0.4 is 15.4 Å². The first-order valence-electron chi connectivity index (χ1n) is 8.12. The third kappa shape index (κ3) is 2.95. The number of nitrogens with one attached hydrogen (secondary N) is 2. The molecule has 2 aliphatic heterocycles. The van der Waals surface area contributed by atoms with Crippen LogP contribution >= 0.6 is 12.4 Å². The van der Waals surface area contributed by atoms with E-state index in [-0.39, 0.29) is 24.4 Å². The summed E-state index contributed by atoms with van der Waals surface area (Å²) in [5, 5.41) is 6.59. The molecule has 1 saturated carbocycles. The molecule has 2 fully saturated rings. The fraction of sp³-hybridized carbons (Fsp3) is 0.588. The highest BCUT2D eigenvalue weighted by atomic mass is 35.5. The van der Waals surface area contributed by atoms with E-state index in [1.54, 1.807) is 0 Å². The van der Waals surface area contributed by atoms with Gasteiger partial charge in [0.05, 0.1) is 12.6 Å². The van der Waals surface area contributed by atoms with Gasteiger partial charge in [0.15, 0.2) is 0 Å². The monoisotopic (exact) mass is 322 g/mol. The molecule has 22 heavy (non-hydrogen) atoms. The van der Waals surface area contributed by atoms with Gasteiger partial charge in [0.2, 0.25) is 5.91 Å². The Hall–Kier alpha value is -1.26. The number of hydrogen-bond acceptors (Lipinski definition) is 3. The van der Waals surface area contributed by atoms with Crippen molar-refractivity contribution in [2.45, 2.75) is 50.6 Å². The number of amides is 1. The van der Waals surface area contributed by atoms with Gasteiger partial charge in [0.1, 0.15) is 5.75 Å². The van der Waals surface area contributed by atoms with Gasteiger partial charge in [-0.1, -0.05) is 12.8 Å². The maximum atomic E-state index is 12.5. The Labute approximate surface area is 137 Å². The van der Waals surface area contributed by atoms with Crippen LogP contribution in [0.5, 0.6) is 5.75 Å². The fourth-order valence-electron chi connectivity index (χ4n) is 4.01. The van der Waals surface area contributed by atoms with Crippen molar-refractivity contribution in [2.24, 2.45) is 5.92 Å². The Bertz CT molecular complexity index is 550. The molecule has 3 aliphatic rings. The second kappa shape index (κ2) is 6.47. The largest absolute Gasteiger partial charge is 0.493 e. The van der Waals surface area contributed by atoms with Gasteiger partial charge < -0.3 is 15.4 Å². The fourth-order valence-corrected chi connectivity index (χ4v) is 4.01. The van der Waals surface area contributed by atoms with Crippen molar-refractivity contribution in [3.8, 4) is 5.75 Å². The van der Waals surface area contributed by atoms with E-state index in [0.29, 0.717) is 12.0 Å². The molecule has 0 spiro atoms. The van der Waals surface area contributed by atoms with E-state index in [9.17, 15) is 4.79 Å². The summed E-state index contributed by atoms with van der Waals surface area (Å²) < 4.78 is 5.50. The van der Waals surface area contributed by atoms with Crippen molar-refractivity contribution in [2.75, 3.05) is 11.9 Å². The number of ether oxygens (including phenoxy) is 1. The molecule has 4 nitrogen and oxygen atoms in total. The molecule has 0 radical (unpaired) electrons. The van der Waals surface area contributed by atoms with Crippen LogP contribution in [0.1, 0.15) is 37.7 Å². The van der Waals surface area contributed by atoms with Gasteiger partial charge in [0, 0.05) is 18.2 Å². The number of benzene rings is 1. The van der Waals surface area contributed by atoms with E-state index in [1.807, 2.05) is 18.2 Å². The number of fused-ring (bicyclic) bond motifs is 2. The molecule has 3 atom stereocenters. The SMILES string of the molecule is Cl.O=C(Nc1ccc2c(c1)CCO2)C1CC2CCCCC2N1. The molecule has 1 aromatic carbocycles. The molecule has 1 aliphatic carbocycles. The number of hydrogen-bond donors (Lipinski definition) is 2. The maximum absolute atomic E-state index is 12.5. The summed E-state index contributed by atoms with van der Waals surface area (Å²) >= 11 is 0. The Morgan fingerprint density at radius 1 is 1.27 bits per heavy atom. The molecule has 0 aromatic heterocycles. The maximum Gasteiger partial charge on any atom is 0.241 e. The Balaban J connectivity index is 0.00000144. The minimum Gasteiger partial charge on any atom is -0.493 e. The van der Waals surface area contributed by atoms with Gasteiger partial charge in [-0.2, -0.15) is 0 Å². The molecular formula is C17H23ClN2O2. The van der Waals surface area contributed by atoms with E-state index in [0.717, 1.165) is 30.9 Å². The van der Waals surface area contributed by atoms with E-state index in [4.69, 9.17) is 4.74 Å². The van der Waals surface area contributed by atoms with Gasteiger partial charge in [-0.3, -0.25) is 4.79 Å². The summed E-state index contributed by atoms with van der Waals surface area (Å²) in [6.45, 7) is 0.750. The summed E-state index contributed by atoms with van der Waals surface area (Å²) in [5.74, 6) is 1.77. The zero-order chi connectivity index (χ0) is 14.2. The first-order valence-corrected chi connectivity index (χ1v) is 8.12. The first kappa shape index (κ1) is 15.6. The Kier molecular flexibility index (Phi) is 4.59. The molecule has 4 rings (SSSR count). The smallest absolute Gasteiger partial charge is 0.241 e. The minimum atomic E-state index is -0.0254. The highest BCUT2D eigenvalue weighted by Gasteiger charge is 2.38. The van der Waals surface area contributed by atoms with Crippen molar-refractivity contribution in [3.05, 3.63) is 23.8 Å². The van der Waals surface area contributed by atoms with Crippen LogP contribution in [-0.2, 0) is 11.2 Å². The minimum absolute atomic E-state index is 0. The van der Waals surface area contributed by atoms with Gasteiger partial charge in [-0.05, 0) is 48.9 Å². The molecule has 120 valence electrons. The lowest BCUT2D eigenvalue weighted by Crippen LogP contribution is -2.39. The van der Waals surface area contributed by atoms with Crippen molar-refractivity contribution >= 4 is 24.0 Å². The second-order valence-electron chi connectivity index (χ2n) is 6.52. The van der Waals surface area contributed by atoms with Gasteiger partial charge >= 0.3 is 0 Å². The molecule has 2 heterocycles. The number of rotatable bonds is 2. The third-order valence-electron chi connectivity index (χ3n) is 5.14. The van der Waals surface area contributed by atoms with Crippen LogP contribution in [-0.4, -0.2) is 24.6 Å². The van der Waals surface area contributed by atoms with E-state index < -0.39 is 0 Å². The lowest BCUT2D eigenvalue weighted by Gasteiger charge is -2.24. The van der Waals surface area contributed by atoms with Crippen LogP contribution in [0, 0.1) is 5.92 Å². The Morgan fingerprint density at radius 2 is 2.14 bits per heavy atom. The molecule has 1 amide bonds. The van der Waals surface area contributed by atoms with Crippen LogP contribution in [0.15, 0.2) is 18.2 Å². The van der Waals surface area contributed by atoms with E-state index >= 15 is 0 Å². The molecular weight excluding hydrogens is 300 g/mol. The zero-order valence-corrected chi connectivity index (χ0v) is 13.5. The van der Waals surface area contributed by atoms with E-state index in [1.165, 1.54) is 31.2 Å². The lowest BCUT2D eigenvalue weighted by atomic mass is 9.85. The highest BCUT2D eigenvalue weighted by molar-refractivity contribution is 5.95. The van der Waals surface area contributed by atoms with Gasteiger partial charge in [-0.15, -0.1) is 12.4 Å². The molecule has 1 saturated heterocycles. The first-order chi connectivity index (χ1) is 10.3. The molecule has 3 unspecified atom stereocenters. The van der Waals surface area contributed by atoms with Crippen LogP contribution in [0.3, 0.4) is 0 Å². The third-order valence-corrected chi connectivity index (χ3v) is 5.14. The number of carbonyl (C=O) groups is 1. The average Bonchev–Trinajstić information content (AvgIpc) is 3.13. The molecule has 0 bridgehead atoms. The number of halogens is 1. The van der Waals surface area contributed by atoms with Gasteiger partial charge in [0.25, 0.3) is 0 Å². The summed E-state index contributed by atoms with van der Waals surface area (Å²) in [7, 11) is 0. The lowest BCUT2D eigenvalue weighted by molar-refractivity contribution is -0.117. The molecule has 2 N–H and O–H groups in total. The van der Waals surface area contributed by atoms with Crippen molar-refractivity contribution in [3.63, 3.8) is 0 Å².